The number of nitrogens with one attached hydrogen (secondary N) is 1. The van der Waals surface area contributed by atoms with E-state index in [2.05, 4.69) is 0 Å². The molecule has 1 aromatic rings. The van der Waals surface area contributed by atoms with Gasteiger partial charge in [-0.2, -0.15) is 0 Å². The first-order valence-corrected chi connectivity index (χ1v) is 6.56. The number of carbonyl (C=O) groups is 2. The van der Waals surface area contributed by atoms with Gasteiger partial charge in [-0.1, -0.05) is 12.1 Å². The number of hydrogen-bond acceptors (Lipinski definition) is 2. The van der Waals surface area contributed by atoms with Gasteiger partial charge in [0.2, 0.25) is 12.3 Å². The maximum atomic E-state index is 13.6. The lowest BCUT2D eigenvalue weighted by atomic mass is 10.1. The smallest absolute Gasteiger partial charge is 0.326 e. The molecule has 120 valence electrons. The molecule has 0 bridgehead atoms. The summed E-state index contributed by atoms with van der Waals surface area (Å²) < 4.78 is 51.2. The fourth-order valence-corrected chi connectivity index (χ4v) is 2.31. The van der Waals surface area contributed by atoms with Gasteiger partial charge < -0.3 is 10.4 Å². The number of hydrogen-bond donors (Lipinski definition) is 2. The summed E-state index contributed by atoms with van der Waals surface area (Å²) in [6.45, 7) is 0. The second-order valence-corrected chi connectivity index (χ2v) is 5.12. The SMILES string of the molecule is O=C(O)C(CC(F)F)NC(=O)C1CC1c1cccc(F)c1F. The van der Waals surface area contributed by atoms with Gasteiger partial charge in [0.05, 0.1) is 0 Å². The summed E-state index contributed by atoms with van der Waals surface area (Å²) in [7, 11) is 0. The van der Waals surface area contributed by atoms with Gasteiger partial charge in [-0.05, 0) is 24.0 Å². The molecule has 22 heavy (non-hydrogen) atoms. The minimum atomic E-state index is -2.88. The highest BCUT2D eigenvalue weighted by Gasteiger charge is 2.46. The van der Waals surface area contributed by atoms with E-state index in [1.807, 2.05) is 5.32 Å². The predicted octanol–water partition coefficient (Wildman–Crippen LogP) is 2.29. The van der Waals surface area contributed by atoms with Crippen molar-refractivity contribution < 1.29 is 32.3 Å². The predicted molar refractivity (Wildman–Crippen MR) is 67.4 cm³/mol. The molecule has 1 saturated carbocycles. The van der Waals surface area contributed by atoms with Gasteiger partial charge in [0, 0.05) is 12.3 Å². The van der Waals surface area contributed by atoms with Crippen LogP contribution in [0.4, 0.5) is 17.6 Å². The van der Waals surface area contributed by atoms with Crippen LogP contribution < -0.4 is 5.32 Å². The van der Waals surface area contributed by atoms with Crippen molar-refractivity contribution >= 4 is 11.9 Å². The van der Waals surface area contributed by atoms with Gasteiger partial charge in [0.1, 0.15) is 6.04 Å². The number of carbonyl (C=O) groups excluding carboxylic acids is 1. The lowest BCUT2D eigenvalue weighted by molar-refractivity contribution is -0.143. The molecule has 1 fully saturated rings. The molecule has 0 aromatic heterocycles. The fraction of sp³-hybridized carbons (Fsp3) is 0.429. The highest BCUT2D eigenvalue weighted by molar-refractivity contribution is 5.87. The Balaban J connectivity index is 2.01. The molecule has 4 nitrogen and oxygen atoms in total. The van der Waals surface area contributed by atoms with Crippen LogP contribution in [-0.2, 0) is 9.59 Å². The van der Waals surface area contributed by atoms with Crippen LogP contribution in [0.1, 0.15) is 24.3 Å². The van der Waals surface area contributed by atoms with Crippen LogP contribution in [-0.4, -0.2) is 29.5 Å². The molecule has 2 rings (SSSR count). The summed E-state index contributed by atoms with van der Waals surface area (Å²) in [5.41, 5.74) is 0.0286. The maximum Gasteiger partial charge on any atom is 0.326 e. The Kier molecular flexibility index (Phi) is 4.68. The third-order valence-electron chi connectivity index (χ3n) is 3.54. The van der Waals surface area contributed by atoms with Gasteiger partial charge >= 0.3 is 5.97 Å². The van der Waals surface area contributed by atoms with Crippen LogP contribution >= 0.6 is 0 Å². The van der Waals surface area contributed by atoms with E-state index in [9.17, 15) is 27.2 Å². The van der Waals surface area contributed by atoms with Gasteiger partial charge in [-0.15, -0.1) is 0 Å². The molecule has 1 aliphatic rings. The zero-order valence-electron chi connectivity index (χ0n) is 11.2. The largest absolute Gasteiger partial charge is 0.480 e. The Morgan fingerprint density at radius 3 is 2.59 bits per heavy atom. The Hall–Kier alpha value is -2.12. The van der Waals surface area contributed by atoms with Crippen LogP contribution in [0.5, 0.6) is 0 Å². The Bertz CT molecular complexity index is 593. The Labute approximate surface area is 123 Å². The standard InChI is InChI=1S/C14H13F4NO3/c15-9-3-1-2-6(12(9)18)7-4-8(7)13(20)19-10(14(21)22)5-11(16)17/h1-3,7-8,10-11H,4-5H2,(H,19,20)(H,21,22). The summed E-state index contributed by atoms with van der Waals surface area (Å²) in [5.74, 6) is -5.72. The van der Waals surface area contributed by atoms with E-state index in [4.69, 9.17) is 5.11 Å². The van der Waals surface area contributed by atoms with Crippen molar-refractivity contribution in [1.82, 2.24) is 5.32 Å². The van der Waals surface area contributed by atoms with Crippen LogP contribution in [0.2, 0.25) is 0 Å². The summed E-state index contributed by atoms with van der Waals surface area (Å²) in [6.07, 6.45) is -3.67. The van der Waals surface area contributed by atoms with E-state index in [0.717, 1.165) is 6.07 Å². The topological polar surface area (TPSA) is 66.4 Å². The van der Waals surface area contributed by atoms with Crippen molar-refractivity contribution in [3.63, 3.8) is 0 Å². The van der Waals surface area contributed by atoms with Gasteiger partial charge in [0.15, 0.2) is 11.6 Å². The van der Waals surface area contributed by atoms with E-state index < -0.39 is 54.2 Å². The average Bonchev–Trinajstić information content (AvgIpc) is 3.20. The molecule has 0 spiro atoms. The van der Waals surface area contributed by atoms with E-state index in [1.165, 1.54) is 12.1 Å². The monoisotopic (exact) mass is 319 g/mol. The van der Waals surface area contributed by atoms with Gasteiger partial charge in [-0.25, -0.2) is 22.4 Å². The van der Waals surface area contributed by atoms with Crippen molar-refractivity contribution in [3.8, 4) is 0 Å². The molecule has 1 amide bonds. The third-order valence-corrected chi connectivity index (χ3v) is 3.54. The first-order valence-electron chi connectivity index (χ1n) is 6.56. The number of carboxylic acids is 1. The molecule has 0 heterocycles. The molecule has 0 aliphatic heterocycles. The highest BCUT2D eigenvalue weighted by atomic mass is 19.3. The molecular weight excluding hydrogens is 306 g/mol. The van der Waals surface area contributed by atoms with E-state index in [-0.39, 0.29) is 12.0 Å². The number of benzene rings is 1. The lowest BCUT2D eigenvalue weighted by Crippen LogP contribution is -2.42. The first kappa shape index (κ1) is 16.3. The number of rotatable bonds is 6. The summed E-state index contributed by atoms with van der Waals surface area (Å²) in [5, 5.41) is 10.8. The summed E-state index contributed by atoms with van der Waals surface area (Å²) >= 11 is 0. The lowest BCUT2D eigenvalue weighted by Gasteiger charge is -2.14. The number of aliphatic carboxylic acids is 1. The number of halogens is 4. The maximum absolute atomic E-state index is 13.6. The molecule has 2 N–H and O–H groups in total. The third kappa shape index (κ3) is 3.55. The number of alkyl halides is 2. The average molecular weight is 319 g/mol. The fourth-order valence-electron chi connectivity index (χ4n) is 2.31. The molecule has 8 heteroatoms. The summed E-state index contributed by atoms with van der Waals surface area (Å²) in [4.78, 5) is 22.7. The van der Waals surface area contributed by atoms with E-state index in [1.54, 1.807) is 0 Å². The number of amides is 1. The van der Waals surface area contributed by atoms with E-state index >= 15 is 0 Å². The molecule has 3 atom stereocenters. The van der Waals surface area contributed by atoms with Crippen molar-refractivity contribution in [1.29, 1.82) is 0 Å². The molecule has 3 unspecified atom stereocenters. The minimum absolute atomic E-state index is 0.0286. The van der Waals surface area contributed by atoms with Gasteiger partial charge in [0.25, 0.3) is 0 Å². The molecule has 0 radical (unpaired) electrons. The van der Waals surface area contributed by atoms with Crippen LogP contribution in [0.25, 0.3) is 0 Å². The van der Waals surface area contributed by atoms with Crippen molar-refractivity contribution in [2.75, 3.05) is 0 Å². The minimum Gasteiger partial charge on any atom is -0.480 e. The highest BCUT2D eigenvalue weighted by Crippen LogP contribution is 2.48. The van der Waals surface area contributed by atoms with Crippen molar-refractivity contribution in [3.05, 3.63) is 35.4 Å². The van der Waals surface area contributed by atoms with E-state index in [0.29, 0.717) is 0 Å². The van der Waals surface area contributed by atoms with Crippen LogP contribution in [0, 0.1) is 17.6 Å². The molecule has 1 aromatic carbocycles. The Morgan fingerprint density at radius 2 is 2.00 bits per heavy atom. The zero-order chi connectivity index (χ0) is 16.4. The molecular formula is C14H13F4NO3. The van der Waals surface area contributed by atoms with Crippen LogP contribution in [0.15, 0.2) is 18.2 Å². The normalized spacial score (nSPS) is 21.5. The van der Waals surface area contributed by atoms with Crippen molar-refractivity contribution in [2.45, 2.75) is 31.2 Å². The van der Waals surface area contributed by atoms with Gasteiger partial charge in [-0.3, -0.25) is 4.79 Å². The second kappa shape index (κ2) is 6.33. The second-order valence-electron chi connectivity index (χ2n) is 5.12. The van der Waals surface area contributed by atoms with Crippen molar-refractivity contribution in [2.24, 2.45) is 5.92 Å². The number of carboxylic acid groups (broad SMARTS) is 1. The Morgan fingerprint density at radius 1 is 1.32 bits per heavy atom. The first-order chi connectivity index (χ1) is 10.3. The molecule has 1 aliphatic carbocycles. The zero-order valence-corrected chi connectivity index (χ0v) is 11.2. The summed E-state index contributed by atoms with van der Waals surface area (Å²) in [6, 6.07) is 1.88. The van der Waals surface area contributed by atoms with Crippen LogP contribution in [0.3, 0.4) is 0 Å². The quantitative estimate of drug-likeness (QED) is 0.791. The molecule has 0 saturated heterocycles.